The zero-order valence-electron chi connectivity index (χ0n) is 16.3. The highest BCUT2D eigenvalue weighted by molar-refractivity contribution is 5.95. The summed E-state index contributed by atoms with van der Waals surface area (Å²) in [5.41, 5.74) is 3.09. The number of amides is 2. The minimum Gasteiger partial charge on any atom is -0.355 e. The highest BCUT2D eigenvalue weighted by atomic mass is 16.5. The van der Waals surface area contributed by atoms with Crippen molar-refractivity contribution >= 4 is 11.8 Å². The summed E-state index contributed by atoms with van der Waals surface area (Å²) in [5.74, 6) is 0.0424. The van der Waals surface area contributed by atoms with Gasteiger partial charge < -0.3 is 14.7 Å². The van der Waals surface area contributed by atoms with Crippen molar-refractivity contribution in [3.63, 3.8) is 0 Å². The van der Waals surface area contributed by atoms with Crippen molar-refractivity contribution in [1.29, 1.82) is 0 Å². The van der Waals surface area contributed by atoms with Crippen LogP contribution in [-0.2, 0) is 11.3 Å². The molecule has 0 atom stereocenters. The van der Waals surface area contributed by atoms with Gasteiger partial charge in [0.05, 0.1) is 0 Å². The lowest BCUT2D eigenvalue weighted by atomic mass is 10.1. The molecular formula is C23H23N3O3. The fraction of sp³-hybridized carbons (Fsp3) is 0.261. The smallest absolute Gasteiger partial charge is 0.276 e. The molecule has 1 N–H and O–H groups in total. The van der Waals surface area contributed by atoms with E-state index in [1.807, 2.05) is 61.5 Å². The average molecular weight is 389 g/mol. The molecule has 1 aliphatic rings. The number of benzene rings is 2. The number of hydrogen-bond donors (Lipinski definition) is 1. The Hall–Kier alpha value is -3.41. The van der Waals surface area contributed by atoms with Crippen LogP contribution >= 0.6 is 0 Å². The molecule has 148 valence electrons. The van der Waals surface area contributed by atoms with Crippen LogP contribution in [-0.4, -0.2) is 34.5 Å². The van der Waals surface area contributed by atoms with Gasteiger partial charge in [0, 0.05) is 24.2 Å². The summed E-state index contributed by atoms with van der Waals surface area (Å²) in [4.78, 5) is 27.0. The Morgan fingerprint density at radius 3 is 2.62 bits per heavy atom. The quantitative estimate of drug-likeness (QED) is 0.670. The van der Waals surface area contributed by atoms with Crippen molar-refractivity contribution in [3.8, 4) is 11.3 Å². The van der Waals surface area contributed by atoms with Crippen molar-refractivity contribution in [2.24, 2.45) is 0 Å². The van der Waals surface area contributed by atoms with E-state index in [0.29, 0.717) is 12.3 Å². The Morgan fingerprint density at radius 1 is 1.10 bits per heavy atom. The fourth-order valence-electron chi connectivity index (χ4n) is 3.15. The third-order valence-electron chi connectivity index (χ3n) is 4.81. The van der Waals surface area contributed by atoms with E-state index < -0.39 is 0 Å². The molecule has 0 spiro atoms. The van der Waals surface area contributed by atoms with Gasteiger partial charge in [0.15, 0.2) is 11.5 Å². The van der Waals surface area contributed by atoms with Crippen LogP contribution in [0.4, 0.5) is 0 Å². The van der Waals surface area contributed by atoms with Crippen LogP contribution < -0.4 is 5.32 Å². The molecule has 6 nitrogen and oxygen atoms in total. The third kappa shape index (κ3) is 4.90. The highest BCUT2D eigenvalue weighted by Crippen LogP contribution is 2.22. The molecule has 1 aliphatic carbocycles. The van der Waals surface area contributed by atoms with Crippen molar-refractivity contribution in [1.82, 2.24) is 15.4 Å². The molecule has 0 radical (unpaired) electrons. The van der Waals surface area contributed by atoms with E-state index in [4.69, 9.17) is 4.52 Å². The van der Waals surface area contributed by atoms with Gasteiger partial charge in [-0.05, 0) is 31.4 Å². The summed E-state index contributed by atoms with van der Waals surface area (Å²) in [6.07, 6.45) is 2.00. The molecular weight excluding hydrogens is 366 g/mol. The summed E-state index contributed by atoms with van der Waals surface area (Å²) in [7, 11) is 0. The Bertz CT molecular complexity index is 1010. The predicted molar refractivity (Wildman–Crippen MR) is 109 cm³/mol. The van der Waals surface area contributed by atoms with Crippen LogP contribution in [0.15, 0.2) is 65.2 Å². The Labute approximate surface area is 169 Å². The maximum atomic E-state index is 13.1. The van der Waals surface area contributed by atoms with Crippen LogP contribution in [0.5, 0.6) is 0 Å². The van der Waals surface area contributed by atoms with Crippen LogP contribution in [0.1, 0.15) is 34.5 Å². The van der Waals surface area contributed by atoms with Gasteiger partial charge in [-0.1, -0.05) is 59.3 Å². The van der Waals surface area contributed by atoms with Crippen molar-refractivity contribution in [2.75, 3.05) is 6.54 Å². The molecule has 0 aliphatic heterocycles. The first-order valence-corrected chi connectivity index (χ1v) is 9.75. The van der Waals surface area contributed by atoms with Gasteiger partial charge in [-0.15, -0.1) is 0 Å². The normalized spacial score (nSPS) is 13.1. The lowest BCUT2D eigenvalue weighted by Crippen LogP contribution is -2.41. The second-order valence-corrected chi connectivity index (χ2v) is 7.43. The van der Waals surface area contributed by atoms with E-state index in [-0.39, 0.29) is 30.1 Å². The zero-order chi connectivity index (χ0) is 20.2. The predicted octanol–water partition coefficient (Wildman–Crippen LogP) is 3.57. The van der Waals surface area contributed by atoms with Gasteiger partial charge in [-0.25, -0.2) is 0 Å². The molecule has 1 fully saturated rings. The van der Waals surface area contributed by atoms with E-state index >= 15 is 0 Å². The molecule has 0 unspecified atom stereocenters. The maximum Gasteiger partial charge on any atom is 0.276 e. The van der Waals surface area contributed by atoms with E-state index in [1.165, 1.54) is 4.90 Å². The molecule has 0 saturated heterocycles. The van der Waals surface area contributed by atoms with Gasteiger partial charge in [-0.2, -0.15) is 0 Å². The van der Waals surface area contributed by atoms with Gasteiger partial charge >= 0.3 is 0 Å². The first-order valence-electron chi connectivity index (χ1n) is 9.75. The van der Waals surface area contributed by atoms with E-state index in [0.717, 1.165) is 29.5 Å². The van der Waals surface area contributed by atoms with Gasteiger partial charge in [-0.3, -0.25) is 9.59 Å². The monoisotopic (exact) mass is 389 g/mol. The molecule has 29 heavy (non-hydrogen) atoms. The summed E-state index contributed by atoms with van der Waals surface area (Å²) in [6.45, 7) is 2.30. The molecule has 2 amide bonds. The van der Waals surface area contributed by atoms with E-state index in [9.17, 15) is 9.59 Å². The molecule has 0 bridgehead atoms. The summed E-state index contributed by atoms with van der Waals surface area (Å²) in [5, 5.41) is 6.90. The molecule has 3 aromatic rings. The SMILES string of the molecule is Cc1cccc(-c2cc(C(=O)N(CC(=O)NC3CC3)Cc3ccccc3)no2)c1. The number of aromatic nitrogens is 1. The number of aryl methyl sites for hydroxylation is 1. The van der Waals surface area contributed by atoms with E-state index in [2.05, 4.69) is 10.5 Å². The lowest BCUT2D eigenvalue weighted by Gasteiger charge is -2.21. The number of nitrogens with zero attached hydrogens (tertiary/aromatic N) is 2. The first-order chi connectivity index (χ1) is 14.1. The second-order valence-electron chi connectivity index (χ2n) is 7.43. The fourth-order valence-corrected chi connectivity index (χ4v) is 3.15. The van der Waals surface area contributed by atoms with Gasteiger partial charge in [0.1, 0.15) is 6.54 Å². The largest absolute Gasteiger partial charge is 0.355 e. The molecule has 1 aromatic heterocycles. The number of nitrogens with one attached hydrogen (secondary N) is 1. The molecule has 6 heteroatoms. The van der Waals surface area contributed by atoms with Crippen molar-refractivity contribution in [3.05, 3.63) is 77.5 Å². The van der Waals surface area contributed by atoms with Crippen molar-refractivity contribution < 1.29 is 14.1 Å². The minimum absolute atomic E-state index is 0.0170. The summed E-state index contributed by atoms with van der Waals surface area (Å²) in [6, 6.07) is 19.3. The third-order valence-corrected chi connectivity index (χ3v) is 4.81. The number of carbonyl (C=O) groups is 2. The zero-order valence-corrected chi connectivity index (χ0v) is 16.3. The molecule has 2 aromatic carbocycles. The van der Waals surface area contributed by atoms with E-state index in [1.54, 1.807) is 6.07 Å². The first kappa shape index (κ1) is 18.9. The summed E-state index contributed by atoms with van der Waals surface area (Å²) >= 11 is 0. The Morgan fingerprint density at radius 2 is 1.90 bits per heavy atom. The maximum absolute atomic E-state index is 13.1. The standard InChI is InChI=1S/C23H23N3O3/c1-16-6-5-9-18(12-16)21-13-20(25-29-21)23(28)26(14-17-7-3-2-4-8-17)15-22(27)24-19-10-11-19/h2-9,12-13,19H,10-11,14-15H2,1H3,(H,24,27). The second kappa shape index (κ2) is 8.31. The number of carbonyl (C=O) groups excluding carboxylic acids is 2. The Balaban J connectivity index is 1.54. The highest BCUT2D eigenvalue weighted by Gasteiger charge is 2.27. The average Bonchev–Trinajstić information content (AvgIpc) is 3.39. The minimum atomic E-state index is -0.331. The molecule has 4 rings (SSSR count). The Kier molecular flexibility index (Phi) is 5.42. The van der Waals surface area contributed by atoms with Gasteiger partial charge in [0.2, 0.25) is 5.91 Å². The lowest BCUT2D eigenvalue weighted by molar-refractivity contribution is -0.122. The number of hydrogen-bond acceptors (Lipinski definition) is 4. The van der Waals surface area contributed by atoms with Crippen LogP contribution in [0.2, 0.25) is 0 Å². The number of rotatable bonds is 7. The summed E-state index contributed by atoms with van der Waals surface area (Å²) < 4.78 is 5.41. The molecule has 1 saturated carbocycles. The van der Waals surface area contributed by atoms with Gasteiger partial charge in [0.25, 0.3) is 5.91 Å². The topological polar surface area (TPSA) is 75.4 Å². The van der Waals surface area contributed by atoms with Crippen LogP contribution in [0.3, 0.4) is 0 Å². The van der Waals surface area contributed by atoms with Crippen molar-refractivity contribution in [2.45, 2.75) is 32.4 Å². The van der Waals surface area contributed by atoms with Crippen LogP contribution in [0, 0.1) is 6.92 Å². The molecule has 1 heterocycles. The van der Waals surface area contributed by atoms with Crippen LogP contribution in [0.25, 0.3) is 11.3 Å².